The van der Waals surface area contributed by atoms with Crippen molar-refractivity contribution >= 4 is 17.3 Å². The van der Waals surface area contributed by atoms with Gasteiger partial charge in [-0.15, -0.1) is 0 Å². The van der Waals surface area contributed by atoms with Crippen LogP contribution in [-0.2, 0) is 6.54 Å². The third-order valence-electron chi connectivity index (χ3n) is 2.69. The van der Waals surface area contributed by atoms with Crippen LogP contribution in [0.2, 0.25) is 5.02 Å². The van der Waals surface area contributed by atoms with Crippen molar-refractivity contribution in [3.63, 3.8) is 0 Å². The lowest BCUT2D eigenvalue weighted by atomic mass is 10.2. The highest BCUT2D eigenvalue weighted by molar-refractivity contribution is 6.32. The second kappa shape index (κ2) is 6.36. The molecule has 0 saturated heterocycles. The predicted molar refractivity (Wildman–Crippen MR) is 77.4 cm³/mol. The van der Waals surface area contributed by atoms with Crippen LogP contribution >= 0.6 is 11.6 Å². The highest BCUT2D eigenvalue weighted by Gasteiger charge is 2.19. The van der Waals surface area contributed by atoms with E-state index in [1.165, 1.54) is 12.1 Å². The Balaban J connectivity index is 2.42. The molecule has 2 rings (SSSR count). The molecule has 6 heteroatoms. The number of rotatable bonds is 5. The molecule has 0 aliphatic rings. The summed E-state index contributed by atoms with van der Waals surface area (Å²) in [5.41, 5.74) is 0.737. The van der Waals surface area contributed by atoms with Crippen LogP contribution in [0, 0.1) is 10.1 Å². The predicted octanol–water partition coefficient (Wildman–Crippen LogP) is 3.76. The van der Waals surface area contributed by atoms with Crippen molar-refractivity contribution in [1.29, 1.82) is 0 Å². The Morgan fingerprint density at radius 2 is 2.00 bits per heavy atom. The van der Waals surface area contributed by atoms with Gasteiger partial charge in [-0.3, -0.25) is 10.1 Å². The Kier molecular flexibility index (Phi) is 4.55. The van der Waals surface area contributed by atoms with E-state index in [2.05, 4.69) is 5.32 Å². The van der Waals surface area contributed by atoms with Crippen LogP contribution in [0.3, 0.4) is 0 Å². The fourth-order valence-corrected chi connectivity index (χ4v) is 2.00. The van der Waals surface area contributed by atoms with Gasteiger partial charge in [0.05, 0.1) is 9.95 Å². The molecule has 0 aliphatic heterocycles. The van der Waals surface area contributed by atoms with E-state index in [1.54, 1.807) is 18.2 Å². The van der Waals surface area contributed by atoms with Gasteiger partial charge in [0, 0.05) is 18.2 Å². The van der Waals surface area contributed by atoms with E-state index in [9.17, 15) is 10.1 Å². The van der Waals surface area contributed by atoms with Crippen LogP contribution < -0.4 is 10.1 Å². The number of benzene rings is 2. The molecule has 0 spiro atoms. The average molecular weight is 293 g/mol. The average Bonchev–Trinajstić information content (AvgIpc) is 2.43. The van der Waals surface area contributed by atoms with Crippen molar-refractivity contribution in [2.75, 3.05) is 7.05 Å². The molecule has 0 aromatic heterocycles. The Hall–Kier alpha value is -2.11. The zero-order valence-corrected chi connectivity index (χ0v) is 11.6. The molecule has 0 fully saturated rings. The van der Waals surface area contributed by atoms with Gasteiger partial charge >= 0.3 is 5.69 Å². The third-order valence-corrected chi connectivity index (χ3v) is 2.99. The van der Waals surface area contributed by atoms with Crippen LogP contribution in [0.25, 0.3) is 0 Å². The van der Waals surface area contributed by atoms with Crippen molar-refractivity contribution in [2.45, 2.75) is 6.54 Å². The van der Waals surface area contributed by atoms with Gasteiger partial charge in [0.2, 0.25) is 5.75 Å². The maximum atomic E-state index is 11.0. The second-order valence-corrected chi connectivity index (χ2v) is 4.49. The molecule has 5 nitrogen and oxygen atoms in total. The first kappa shape index (κ1) is 14.3. The molecular weight excluding hydrogens is 280 g/mol. The Bertz CT molecular complexity index is 632. The summed E-state index contributed by atoms with van der Waals surface area (Å²) >= 11 is 6.01. The molecule has 2 aromatic rings. The van der Waals surface area contributed by atoms with E-state index in [4.69, 9.17) is 16.3 Å². The van der Waals surface area contributed by atoms with Crippen molar-refractivity contribution in [3.8, 4) is 11.5 Å². The molecule has 0 bridgehead atoms. The molecule has 2 aromatic carbocycles. The van der Waals surface area contributed by atoms with Crippen molar-refractivity contribution in [2.24, 2.45) is 0 Å². The Morgan fingerprint density at radius 1 is 1.25 bits per heavy atom. The van der Waals surface area contributed by atoms with Gasteiger partial charge in [0.1, 0.15) is 5.75 Å². The Labute approximate surface area is 121 Å². The zero-order valence-electron chi connectivity index (χ0n) is 10.8. The normalized spacial score (nSPS) is 10.3. The maximum absolute atomic E-state index is 11.0. The minimum Gasteiger partial charge on any atom is -0.448 e. The lowest BCUT2D eigenvalue weighted by molar-refractivity contribution is -0.385. The van der Waals surface area contributed by atoms with Gasteiger partial charge in [0.15, 0.2) is 0 Å². The molecule has 0 unspecified atom stereocenters. The van der Waals surface area contributed by atoms with Crippen LogP contribution in [0.15, 0.2) is 42.5 Å². The van der Waals surface area contributed by atoms with E-state index < -0.39 is 4.92 Å². The summed E-state index contributed by atoms with van der Waals surface area (Å²) in [5.74, 6) is 0.598. The van der Waals surface area contributed by atoms with Gasteiger partial charge in [-0.1, -0.05) is 35.9 Å². The Morgan fingerprint density at radius 3 is 2.70 bits per heavy atom. The van der Waals surface area contributed by atoms with Gasteiger partial charge in [-0.05, 0) is 19.2 Å². The van der Waals surface area contributed by atoms with Gasteiger partial charge in [-0.25, -0.2) is 0 Å². The lowest BCUT2D eigenvalue weighted by Gasteiger charge is -2.12. The fraction of sp³-hybridized carbons (Fsp3) is 0.143. The smallest absolute Gasteiger partial charge is 0.313 e. The number of halogens is 1. The topological polar surface area (TPSA) is 64.4 Å². The molecule has 0 heterocycles. The number of ether oxygens (including phenoxy) is 1. The summed E-state index contributed by atoms with van der Waals surface area (Å²) in [4.78, 5) is 10.5. The monoisotopic (exact) mass is 292 g/mol. The molecule has 0 radical (unpaired) electrons. The molecular formula is C14H13ClN2O3. The summed E-state index contributed by atoms with van der Waals surface area (Å²) in [6, 6.07) is 11.8. The first-order valence-electron chi connectivity index (χ1n) is 5.96. The van der Waals surface area contributed by atoms with Crippen molar-refractivity contribution in [3.05, 3.63) is 63.2 Å². The summed E-state index contributed by atoms with van der Waals surface area (Å²) in [6.07, 6.45) is 0. The minimum absolute atomic E-state index is 0.0581. The number of nitro groups is 1. The third kappa shape index (κ3) is 3.07. The second-order valence-electron chi connectivity index (χ2n) is 4.09. The van der Waals surface area contributed by atoms with E-state index in [-0.39, 0.29) is 16.5 Å². The summed E-state index contributed by atoms with van der Waals surface area (Å²) < 4.78 is 5.67. The quantitative estimate of drug-likeness (QED) is 0.673. The summed E-state index contributed by atoms with van der Waals surface area (Å²) in [5, 5.41) is 14.3. The molecule has 104 valence electrons. The highest BCUT2D eigenvalue weighted by Crippen LogP contribution is 2.38. The van der Waals surface area contributed by atoms with E-state index in [0.717, 1.165) is 5.56 Å². The molecule has 20 heavy (non-hydrogen) atoms. The molecule has 0 saturated carbocycles. The van der Waals surface area contributed by atoms with Crippen molar-refractivity contribution < 1.29 is 9.66 Å². The summed E-state index contributed by atoms with van der Waals surface area (Å²) in [6.45, 7) is 0.592. The number of hydrogen-bond donors (Lipinski definition) is 1. The first-order chi connectivity index (χ1) is 9.63. The minimum atomic E-state index is -0.512. The standard InChI is InChI=1S/C14H13ClN2O3/c1-16-9-10-5-2-3-8-13(10)20-14-11(15)6-4-7-12(14)17(18)19/h2-8,16H,9H2,1H3. The number of para-hydroxylation sites is 2. The van der Waals surface area contributed by atoms with Gasteiger partial charge in [0.25, 0.3) is 0 Å². The van der Waals surface area contributed by atoms with Crippen LogP contribution in [0.4, 0.5) is 5.69 Å². The zero-order chi connectivity index (χ0) is 14.5. The largest absolute Gasteiger partial charge is 0.448 e. The molecule has 0 amide bonds. The SMILES string of the molecule is CNCc1ccccc1Oc1c(Cl)cccc1[N+](=O)[O-]. The lowest BCUT2D eigenvalue weighted by Crippen LogP contribution is -2.06. The number of nitrogens with one attached hydrogen (secondary N) is 1. The van der Waals surface area contributed by atoms with Crippen LogP contribution in [-0.4, -0.2) is 12.0 Å². The van der Waals surface area contributed by atoms with Crippen LogP contribution in [0.1, 0.15) is 5.56 Å². The van der Waals surface area contributed by atoms with Gasteiger partial charge in [-0.2, -0.15) is 0 Å². The highest BCUT2D eigenvalue weighted by atomic mass is 35.5. The van der Waals surface area contributed by atoms with E-state index in [0.29, 0.717) is 12.3 Å². The van der Waals surface area contributed by atoms with E-state index >= 15 is 0 Å². The van der Waals surface area contributed by atoms with E-state index in [1.807, 2.05) is 19.2 Å². The van der Waals surface area contributed by atoms with Gasteiger partial charge < -0.3 is 10.1 Å². The first-order valence-corrected chi connectivity index (χ1v) is 6.34. The fourth-order valence-electron chi connectivity index (χ4n) is 1.79. The number of nitro benzene ring substituents is 1. The summed E-state index contributed by atoms with van der Waals surface area (Å²) in [7, 11) is 1.81. The molecule has 0 aliphatic carbocycles. The number of hydrogen-bond acceptors (Lipinski definition) is 4. The molecule has 1 N–H and O–H groups in total. The van der Waals surface area contributed by atoms with Crippen LogP contribution in [0.5, 0.6) is 11.5 Å². The maximum Gasteiger partial charge on any atom is 0.313 e. The van der Waals surface area contributed by atoms with Crippen molar-refractivity contribution in [1.82, 2.24) is 5.32 Å². The number of nitrogens with zero attached hydrogens (tertiary/aromatic N) is 1. The molecule has 0 atom stereocenters.